The van der Waals surface area contributed by atoms with Gasteiger partial charge in [0.05, 0.1) is 22.5 Å². The van der Waals surface area contributed by atoms with E-state index in [-0.39, 0.29) is 23.8 Å². The van der Waals surface area contributed by atoms with Gasteiger partial charge < -0.3 is 15.1 Å². The third-order valence-electron chi connectivity index (χ3n) is 5.45. The van der Waals surface area contributed by atoms with Crippen molar-refractivity contribution in [3.8, 4) is 0 Å². The van der Waals surface area contributed by atoms with Crippen molar-refractivity contribution in [3.63, 3.8) is 0 Å². The Bertz CT molecular complexity index is 965. The molecule has 162 valence electrons. The van der Waals surface area contributed by atoms with E-state index in [0.29, 0.717) is 35.9 Å². The molecular formula is C21H31N7O2. The maximum atomic E-state index is 13.2. The normalized spacial score (nSPS) is 16.3. The number of aromatic nitrogens is 4. The summed E-state index contributed by atoms with van der Waals surface area (Å²) in [6.07, 6.45) is 2.34. The van der Waals surface area contributed by atoms with E-state index in [1.54, 1.807) is 10.9 Å². The van der Waals surface area contributed by atoms with Gasteiger partial charge in [0.2, 0.25) is 5.95 Å². The monoisotopic (exact) mass is 413 g/mol. The molecule has 2 amide bonds. The third-order valence-corrected chi connectivity index (χ3v) is 5.45. The standard InChI is InChI=1S/C21H31N7O2/c1-12(2)23-19(29)16-10-22-21(26(5)6)24-18(16)15-8-9-28(11-15)20(30)17-13(3)25-27(7)14(17)4/h10,12,15H,8-9,11H2,1-7H3,(H,23,29). The summed E-state index contributed by atoms with van der Waals surface area (Å²) < 4.78 is 1.73. The SMILES string of the molecule is Cc1nn(C)c(C)c1C(=O)N1CCC(c2nc(N(C)C)ncc2C(=O)NC(C)C)C1. The van der Waals surface area contributed by atoms with Crippen LogP contribution < -0.4 is 10.2 Å². The number of carbonyl (C=O) groups is 2. The lowest BCUT2D eigenvalue weighted by Crippen LogP contribution is -2.33. The lowest BCUT2D eigenvalue weighted by molar-refractivity contribution is 0.0789. The summed E-state index contributed by atoms with van der Waals surface area (Å²) in [5.74, 6) is 0.320. The summed E-state index contributed by atoms with van der Waals surface area (Å²) >= 11 is 0. The van der Waals surface area contributed by atoms with Crippen LogP contribution in [0.25, 0.3) is 0 Å². The average Bonchev–Trinajstić information content (AvgIpc) is 3.25. The smallest absolute Gasteiger partial charge is 0.257 e. The molecular weight excluding hydrogens is 382 g/mol. The molecule has 1 unspecified atom stereocenters. The number of hydrogen-bond donors (Lipinski definition) is 1. The molecule has 3 heterocycles. The number of anilines is 1. The van der Waals surface area contributed by atoms with Crippen LogP contribution in [0.15, 0.2) is 6.20 Å². The summed E-state index contributed by atoms with van der Waals surface area (Å²) in [6.45, 7) is 8.73. The van der Waals surface area contributed by atoms with E-state index in [0.717, 1.165) is 17.8 Å². The molecule has 1 fully saturated rings. The number of amides is 2. The van der Waals surface area contributed by atoms with Crippen molar-refractivity contribution in [2.45, 2.75) is 46.1 Å². The first-order chi connectivity index (χ1) is 14.1. The molecule has 0 radical (unpaired) electrons. The van der Waals surface area contributed by atoms with Gasteiger partial charge in [-0.05, 0) is 34.1 Å². The summed E-state index contributed by atoms with van der Waals surface area (Å²) in [4.78, 5) is 38.6. The van der Waals surface area contributed by atoms with Crippen LogP contribution in [0.1, 0.15) is 64.0 Å². The zero-order chi connectivity index (χ0) is 22.2. The topological polar surface area (TPSA) is 96.2 Å². The summed E-state index contributed by atoms with van der Waals surface area (Å²) in [7, 11) is 5.58. The summed E-state index contributed by atoms with van der Waals surface area (Å²) in [6, 6.07) is 0.0112. The second-order valence-electron chi connectivity index (χ2n) is 8.40. The number of nitrogens with zero attached hydrogens (tertiary/aromatic N) is 6. The summed E-state index contributed by atoms with van der Waals surface area (Å²) in [5, 5.41) is 7.29. The highest BCUT2D eigenvalue weighted by atomic mass is 16.2. The minimum Gasteiger partial charge on any atom is -0.350 e. The fraction of sp³-hybridized carbons (Fsp3) is 0.571. The van der Waals surface area contributed by atoms with Gasteiger partial charge in [-0.2, -0.15) is 5.10 Å². The van der Waals surface area contributed by atoms with Gasteiger partial charge in [-0.1, -0.05) is 0 Å². The van der Waals surface area contributed by atoms with Crippen LogP contribution in [0.5, 0.6) is 0 Å². The van der Waals surface area contributed by atoms with Crippen molar-refractivity contribution >= 4 is 17.8 Å². The predicted octanol–water partition coefficient (Wildman–Crippen LogP) is 1.66. The molecule has 1 aliphatic heterocycles. The van der Waals surface area contributed by atoms with Crippen molar-refractivity contribution < 1.29 is 9.59 Å². The highest BCUT2D eigenvalue weighted by molar-refractivity contribution is 5.97. The molecule has 0 saturated carbocycles. The van der Waals surface area contributed by atoms with E-state index in [2.05, 4.69) is 20.4 Å². The molecule has 1 aliphatic rings. The molecule has 1 N–H and O–H groups in total. The number of aryl methyl sites for hydroxylation is 2. The molecule has 2 aromatic rings. The number of likely N-dealkylation sites (tertiary alicyclic amines) is 1. The fourth-order valence-electron chi connectivity index (χ4n) is 3.84. The quantitative estimate of drug-likeness (QED) is 0.801. The molecule has 30 heavy (non-hydrogen) atoms. The second kappa shape index (κ2) is 8.41. The van der Waals surface area contributed by atoms with Crippen LogP contribution in [0, 0.1) is 13.8 Å². The van der Waals surface area contributed by atoms with E-state index in [4.69, 9.17) is 0 Å². The minimum atomic E-state index is -0.186. The van der Waals surface area contributed by atoms with Crippen LogP contribution in [-0.4, -0.2) is 69.7 Å². The largest absolute Gasteiger partial charge is 0.350 e. The first-order valence-electron chi connectivity index (χ1n) is 10.2. The van der Waals surface area contributed by atoms with E-state index >= 15 is 0 Å². The van der Waals surface area contributed by atoms with Crippen LogP contribution in [0.3, 0.4) is 0 Å². The zero-order valence-corrected chi connectivity index (χ0v) is 18.9. The highest BCUT2D eigenvalue weighted by Crippen LogP contribution is 2.31. The maximum Gasteiger partial charge on any atom is 0.257 e. The van der Waals surface area contributed by atoms with Gasteiger partial charge in [0.25, 0.3) is 11.8 Å². The second-order valence-corrected chi connectivity index (χ2v) is 8.40. The minimum absolute atomic E-state index is 0.0112. The summed E-state index contributed by atoms with van der Waals surface area (Å²) in [5.41, 5.74) is 3.42. The predicted molar refractivity (Wildman–Crippen MR) is 115 cm³/mol. The van der Waals surface area contributed by atoms with E-state index in [9.17, 15) is 9.59 Å². The van der Waals surface area contributed by atoms with Crippen LogP contribution >= 0.6 is 0 Å². The van der Waals surface area contributed by atoms with Crippen LogP contribution in [0.2, 0.25) is 0 Å². The molecule has 0 bridgehead atoms. The van der Waals surface area contributed by atoms with Crippen molar-refractivity contribution in [1.29, 1.82) is 0 Å². The molecule has 0 aliphatic carbocycles. The first kappa shape index (κ1) is 21.7. The van der Waals surface area contributed by atoms with Gasteiger partial charge in [0.15, 0.2) is 0 Å². The number of nitrogens with one attached hydrogen (secondary N) is 1. The molecule has 0 aromatic carbocycles. The lowest BCUT2D eigenvalue weighted by Gasteiger charge is -2.20. The first-order valence-corrected chi connectivity index (χ1v) is 10.2. The average molecular weight is 414 g/mol. The maximum absolute atomic E-state index is 13.2. The molecule has 9 nitrogen and oxygen atoms in total. The Morgan fingerprint density at radius 2 is 1.97 bits per heavy atom. The van der Waals surface area contributed by atoms with Gasteiger partial charge in [-0.3, -0.25) is 14.3 Å². The Balaban J connectivity index is 1.89. The van der Waals surface area contributed by atoms with Gasteiger partial charge in [0, 0.05) is 58.1 Å². The number of rotatable bonds is 5. The van der Waals surface area contributed by atoms with Crippen molar-refractivity contribution in [2.75, 3.05) is 32.1 Å². The number of carbonyl (C=O) groups excluding carboxylic acids is 2. The van der Waals surface area contributed by atoms with Crippen LogP contribution in [-0.2, 0) is 7.05 Å². The van der Waals surface area contributed by atoms with Gasteiger partial charge in [-0.25, -0.2) is 9.97 Å². The van der Waals surface area contributed by atoms with Gasteiger partial charge in [-0.15, -0.1) is 0 Å². The molecule has 1 atom stereocenters. The van der Waals surface area contributed by atoms with Crippen molar-refractivity contribution in [2.24, 2.45) is 7.05 Å². The van der Waals surface area contributed by atoms with Crippen molar-refractivity contribution in [3.05, 3.63) is 34.4 Å². The van der Waals surface area contributed by atoms with E-state index in [1.165, 1.54) is 0 Å². The lowest BCUT2D eigenvalue weighted by atomic mass is 9.99. The van der Waals surface area contributed by atoms with Gasteiger partial charge in [0.1, 0.15) is 0 Å². The van der Waals surface area contributed by atoms with Crippen LogP contribution in [0.4, 0.5) is 5.95 Å². The zero-order valence-electron chi connectivity index (χ0n) is 18.9. The van der Waals surface area contributed by atoms with E-state index in [1.807, 2.05) is 58.6 Å². The van der Waals surface area contributed by atoms with Crippen molar-refractivity contribution in [1.82, 2.24) is 30.0 Å². The molecule has 2 aromatic heterocycles. The molecule has 3 rings (SSSR count). The fourth-order valence-corrected chi connectivity index (χ4v) is 3.84. The highest BCUT2D eigenvalue weighted by Gasteiger charge is 2.34. The Kier molecular flexibility index (Phi) is 6.09. The molecule has 1 saturated heterocycles. The Hall–Kier alpha value is -2.97. The third kappa shape index (κ3) is 4.15. The molecule has 9 heteroatoms. The Morgan fingerprint density at radius 1 is 1.27 bits per heavy atom. The van der Waals surface area contributed by atoms with E-state index < -0.39 is 0 Å². The molecule has 0 spiro atoms. The Labute approximate surface area is 177 Å². The van der Waals surface area contributed by atoms with Gasteiger partial charge >= 0.3 is 0 Å². The Morgan fingerprint density at radius 3 is 2.53 bits per heavy atom. The number of hydrogen-bond acceptors (Lipinski definition) is 6.